The molecule has 110 valence electrons. The highest BCUT2D eigenvalue weighted by Crippen LogP contribution is 2.08. The number of rotatable bonds is 7. The molecule has 0 aliphatic rings. The Kier molecular flexibility index (Phi) is 6.73. The van der Waals surface area contributed by atoms with Crippen molar-refractivity contribution in [3.8, 4) is 0 Å². The summed E-state index contributed by atoms with van der Waals surface area (Å²) in [4.78, 5) is 23.1. The molecule has 2 amide bonds. The minimum atomic E-state index is -0.0651. The van der Waals surface area contributed by atoms with Crippen LogP contribution in [0, 0.1) is 5.92 Å². The van der Waals surface area contributed by atoms with Crippen LogP contribution >= 0.6 is 0 Å². The second kappa shape index (κ2) is 8.32. The van der Waals surface area contributed by atoms with E-state index in [0.717, 1.165) is 11.1 Å². The van der Waals surface area contributed by atoms with Crippen molar-refractivity contribution in [2.45, 2.75) is 26.8 Å². The molecule has 0 aromatic heterocycles. The van der Waals surface area contributed by atoms with Gasteiger partial charge in [0.1, 0.15) is 0 Å². The molecule has 0 fully saturated rings. The van der Waals surface area contributed by atoms with Crippen LogP contribution in [0.5, 0.6) is 0 Å². The van der Waals surface area contributed by atoms with Crippen LogP contribution in [-0.4, -0.2) is 24.9 Å². The molecule has 0 saturated carbocycles. The summed E-state index contributed by atoms with van der Waals surface area (Å²) in [6, 6.07) is 7.63. The third kappa shape index (κ3) is 5.40. The highest BCUT2D eigenvalue weighted by molar-refractivity contribution is 5.79. The van der Waals surface area contributed by atoms with Crippen molar-refractivity contribution in [1.82, 2.24) is 10.6 Å². The average Bonchev–Trinajstić information content (AvgIpc) is 2.43. The molecule has 0 bridgehead atoms. The number of benzene rings is 1. The van der Waals surface area contributed by atoms with Gasteiger partial charge >= 0.3 is 0 Å². The lowest BCUT2D eigenvalue weighted by molar-refractivity contribution is -0.124. The van der Waals surface area contributed by atoms with Gasteiger partial charge in [-0.1, -0.05) is 38.1 Å². The molecule has 5 heteroatoms. The standard InChI is InChI=1S/C15H23N3O2/c1-11(2)15(20)18-8-7-17-14(19)9-12-5-3-4-6-13(12)10-16/h3-6,11H,7-10,16H2,1-2H3,(H,17,19)(H,18,20). The van der Waals surface area contributed by atoms with E-state index in [1.54, 1.807) is 0 Å². The predicted molar refractivity (Wildman–Crippen MR) is 78.9 cm³/mol. The Morgan fingerprint density at radius 2 is 1.70 bits per heavy atom. The number of carbonyl (C=O) groups is 2. The number of carbonyl (C=O) groups excluding carboxylic acids is 2. The summed E-state index contributed by atoms with van der Waals surface area (Å²) in [5.74, 6) is -0.112. The van der Waals surface area contributed by atoms with E-state index in [-0.39, 0.29) is 17.7 Å². The van der Waals surface area contributed by atoms with Crippen LogP contribution in [0.3, 0.4) is 0 Å². The van der Waals surface area contributed by atoms with Crippen molar-refractivity contribution < 1.29 is 9.59 Å². The Balaban J connectivity index is 2.32. The molecular formula is C15H23N3O2. The average molecular weight is 277 g/mol. The largest absolute Gasteiger partial charge is 0.354 e. The Morgan fingerprint density at radius 3 is 2.30 bits per heavy atom. The molecule has 0 atom stereocenters. The Morgan fingerprint density at radius 1 is 1.10 bits per heavy atom. The Labute approximate surface area is 119 Å². The molecule has 0 unspecified atom stereocenters. The van der Waals surface area contributed by atoms with Crippen LogP contribution in [0.4, 0.5) is 0 Å². The fourth-order valence-corrected chi connectivity index (χ4v) is 1.76. The van der Waals surface area contributed by atoms with E-state index in [1.807, 2.05) is 38.1 Å². The normalized spacial score (nSPS) is 10.4. The fraction of sp³-hybridized carbons (Fsp3) is 0.467. The third-order valence-corrected chi connectivity index (χ3v) is 2.96. The molecule has 1 rings (SSSR count). The van der Waals surface area contributed by atoms with Gasteiger partial charge in [0.05, 0.1) is 6.42 Å². The van der Waals surface area contributed by atoms with Crippen molar-refractivity contribution >= 4 is 11.8 Å². The van der Waals surface area contributed by atoms with E-state index in [0.29, 0.717) is 26.1 Å². The molecule has 0 aliphatic heterocycles. The molecule has 4 N–H and O–H groups in total. The van der Waals surface area contributed by atoms with Crippen molar-refractivity contribution in [2.24, 2.45) is 11.7 Å². The van der Waals surface area contributed by atoms with Gasteiger partial charge in [0, 0.05) is 25.6 Å². The zero-order chi connectivity index (χ0) is 15.0. The SMILES string of the molecule is CC(C)C(=O)NCCNC(=O)Cc1ccccc1CN. The first-order valence-electron chi connectivity index (χ1n) is 6.85. The lowest BCUT2D eigenvalue weighted by atomic mass is 10.0. The van der Waals surface area contributed by atoms with Crippen molar-refractivity contribution in [2.75, 3.05) is 13.1 Å². The monoisotopic (exact) mass is 277 g/mol. The van der Waals surface area contributed by atoms with Gasteiger partial charge in [-0.05, 0) is 11.1 Å². The molecule has 1 aromatic carbocycles. The lowest BCUT2D eigenvalue weighted by Crippen LogP contribution is -2.37. The van der Waals surface area contributed by atoms with Crippen LogP contribution in [0.2, 0.25) is 0 Å². The van der Waals surface area contributed by atoms with E-state index in [4.69, 9.17) is 5.73 Å². The summed E-state index contributed by atoms with van der Waals surface area (Å²) < 4.78 is 0. The molecule has 20 heavy (non-hydrogen) atoms. The topological polar surface area (TPSA) is 84.2 Å². The quantitative estimate of drug-likeness (QED) is 0.637. The van der Waals surface area contributed by atoms with Gasteiger partial charge in [-0.2, -0.15) is 0 Å². The van der Waals surface area contributed by atoms with Crippen LogP contribution in [0.15, 0.2) is 24.3 Å². The molecular weight excluding hydrogens is 254 g/mol. The minimum Gasteiger partial charge on any atom is -0.354 e. The van der Waals surface area contributed by atoms with Gasteiger partial charge in [0.2, 0.25) is 11.8 Å². The predicted octanol–water partition coefficient (Wildman–Crippen LogP) is 0.576. The molecule has 1 aromatic rings. The van der Waals surface area contributed by atoms with Gasteiger partial charge in [-0.25, -0.2) is 0 Å². The first kappa shape index (κ1) is 16.2. The Bertz CT molecular complexity index is 458. The third-order valence-electron chi connectivity index (χ3n) is 2.96. The summed E-state index contributed by atoms with van der Waals surface area (Å²) in [6.45, 7) is 4.96. The van der Waals surface area contributed by atoms with E-state index < -0.39 is 0 Å². The van der Waals surface area contributed by atoms with Gasteiger partial charge in [0.15, 0.2) is 0 Å². The maximum atomic E-state index is 11.8. The second-order valence-electron chi connectivity index (χ2n) is 4.95. The smallest absolute Gasteiger partial charge is 0.224 e. The van der Waals surface area contributed by atoms with Gasteiger partial charge < -0.3 is 16.4 Å². The molecule has 0 saturated heterocycles. The van der Waals surface area contributed by atoms with Gasteiger partial charge in [-0.15, -0.1) is 0 Å². The summed E-state index contributed by atoms with van der Waals surface area (Å²) in [7, 11) is 0. The van der Waals surface area contributed by atoms with Crippen molar-refractivity contribution in [1.29, 1.82) is 0 Å². The van der Waals surface area contributed by atoms with Crippen LogP contribution in [-0.2, 0) is 22.6 Å². The zero-order valence-corrected chi connectivity index (χ0v) is 12.1. The Hall–Kier alpha value is -1.88. The maximum Gasteiger partial charge on any atom is 0.224 e. The minimum absolute atomic E-state index is 0.00673. The summed E-state index contributed by atoms with van der Waals surface area (Å²) in [5, 5.41) is 5.53. The molecule has 0 heterocycles. The van der Waals surface area contributed by atoms with E-state index in [9.17, 15) is 9.59 Å². The van der Waals surface area contributed by atoms with E-state index in [2.05, 4.69) is 10.6 Å². The highest BCUT2D eigenvalue weighted by Gasteiger charge is 2.08. The zero-order valence-electron chi connectivity index (χ0n) is 12.1. The molecule has 0 aliphatic carbocycles. The van der Waals surface area contributed by atoms with Crippen molar-refractivity contribution in [3.63, 3.8) is 0 Å². The van der Waals surface area contributed by atoms with Gasteiger partial charge in [0.25, 0.3) is 0 Å². The van der Waals surface area contributed by atoms with Crippen LogP contribution in [0.1, 0.15) is 25.0 Å². The van der Waals surface area contributed by atoms with E-state index in [1.165, 1.54) is 0 Å². The van der Waals surface area contributed by atoms with Crippen LogP contribution < -0.4 is 16.4 Å². The van der Waals surface area contributed by atoms with E-state index >= 15 is 0 Å². The lowest BCUT2D eigenvalue weighted by Gasteiger charge is -2.10. The van der Waals surface area contributed by atoms with Crippen LogP contribution in [0.25, 0.3) is 0 Å². The maximum absolute atomic E-state index is 11.8. The van der Waals surface area contributed by atoms with Crippen molar-refractivity contribution in [3.05, 3.63) is 35.4 Å². The fourth-order valence-electron chi connectivity index (χ4n) is 1.76. The molecule has 0 spiro atoms. The first-order chi connectivity index (χ1) is 9.54. The summed E-state index contributed by atoms with van der Waals surface area (Å²) >= 11 is 0. The molecule has 5 nitrogen and oxygen atoms in total. The van der Waals surface area contributed by atoms with Gasteiger partial charge in [-0.3, -0.25) is 9.59 Å². The number of hydrogen-bond acceptors (Lipinski definition) is 3. The number of nitrogens with one attached hydrogen (secondary N) is 2. The number of nitrogens with two attached hydrogens (primary N) is 1. The summed E-state index contributed by atoms with van der Waals surface area (Å²) in [6.07, 6.45) is 0.311. The summed E-state index contributed by atoms with van der Waals surface area (Å²) in [5.41, 5.74) is 7.56. The second-order valence-corrected chi connectivity index (χ2v) is 4.95. The number of hydrogen-bond donors (Lipinski definition) is 3. The number of amides is 2. The first-order valence-corrected chi connectivity index (χ1v) is 6.85. The highest BCUT2D eigenvalue weighted by atomic mass is 16.2. The molecule has 0 radical (unpaired) electrons.